The van der Waals surface area contributed by atoms with Gasteiger partial charge in [0.25, 0.3) is 0 Å². The maximum atomic E-state index is 11.7. The van der Waals surface area contributed by atoms with Crippen molar-refractivity contribution in [1.82, 2.24) is 0 Å². The fourth-order valence-corrected chi connectivity index (χ4v) is 3.87. The average Bonchev–Trinajstić information content (AvgIpc) is 2.68. The number of carbonyl (C=O) groups excluding carboxylic acids is 1. The first-order valence-electron chi connectivity index (χ1n) is 12.5. The Bertz CT molecular complexity index is 320. The van der Waals surface area contributed by atoms with Crippen LogP contribution in [-0.4, -0.2) is 11.5 Å². The van der Waals surface area contributed by atoms with E-state index in [0.717, 1.165) is 32.1 Å². The van der Waals surface area contributed by atoms with Crippen LogP contribution in [0.3, 0.4) is 0 Å². The Balaban J connectivity index is 3.16. The molecule has 0 saturated heterocycles. The van der Waals surface area contributed by atoms with Gasteiger partial charge < -0.3 is 4.74 Å². The molecule has 0 heterocycles. The van der Waals surface area contributed by atoms with Gasteiger partial charge in [-0.3, -0.25) is 4.79 Å². The molecule has 0 N–H and O–H groups in total. The Hall–Kier alpha value is -0.240. The molecule has 0 spiro atoms. The van der Waals surface area contributed by atoms with Crippen LogP contribution in [0.2, 0.25) is 0 Å². The van der Waals surface area contributed by atoms with Crippen molar-refractivity contribution in [2.45, 2.75) is 154 Å². The number of ether oxygens (including phenoxy) is 1. The van der Waals surface area contributed by atoms with Crippen molar-refractivity contribution in [3.63, 3.8) is 0 Å². The van der Waals surface area contributed by atoms with E-state index in [9.17, 15) is 4.79 Å². The molecule has 0 aliphatic rings. The van der Waals surface area contributed by atoms with Crippen molar-refractivity contribution in [2.24, 2.45) is 0 Å². The highest BCUT2D eigenvalue weighted by Crippen LogP contribution is 2.15. The molecule has 0 amide bonds. The van der Waals surface area contributed by atoms with E-state index in [-0.39, 0.29) is 5.97 Å². The van der Waals surface area contributed by atoms with Crippen molar-refractivity contribution in [3.05, 3.63) is 0 Å². The summed E-state index contributed by atoms with van der Waals surface area (Å²) < 4.78 is 5.21. The number of hydrogen-bond acceptors (Lipinski definition) is 2. The minimum Gasteiger partial charge on any atom is -0.446 e. The van der Waals surface area contributed by atoms with Gasteiger partial charge in [-0.15, -0.1) is 0 Å². The third-order valence-corrected chi connectivity index (χ3v) is 5.84. The van der Waals surface area contributed by atoms with Crippen molar-refractivity contribution < 1.29 is 9.53 Å². The molecule has 0 aliphatic carbocycles. The van der Waals surface area contributed by atoms with E-state index >= 15 is 0 Å². The van der Waals surface area contributed by atoms with Crippen LogP contribution in [0.4, 0.5) is 0 Å². The van der Waals surface area contributed by atoms with Gasteiger partial charge in [-0.2, -0.15) is 0 Å². The lowest BCUT2D eigenvalue weighted by atomic mass is 10.0. The SMILES string of the molecule is CCCCCCCCCCCCCCCCCCCC(=O)OC(Cl)CCCC. The van der Waals surface area contributed by atoms with Gasteiger partial charge in [0.05, 0.1) is 0 Å². The van der Waals surface area contributed by atoms with Crippen LogP contribution >= 0.6 is 11.6 Å². The molecule has 0 aromatic rings. The summed E-state index contributed by atoms with van der Waals surface area (Å²) in [5.41, 5.74) is -0.432. The van der Waals surface area contributed by atoms with E-state index < -0.39 is 5.56 Å². The van der Waals surface area contributed by atoms with E-state index in [2.05, 4.69) is 13.8 Å². The molecule has 1 unspecified atom stereocenters. The molecule has 0 radical (unpaired) electrons. The summed E-state index contributed by atoms with van der Waals surface area (Å²) in [6.45, 7) is 4.40. The number of alkyl halides is 1. The fourth-order valence-electron chi connectivity index (χ4n) is 3.62. The predicted octanol–water partition coefficient (Wildman–Crippen LogP) is 9.33. The fraction of sp³-hybridized carbons (Fsp3) is 0.960. The summed E-state index contributed by atoms with van der Waals surface area (Å²) in [6, 6.07) is 0. The van der Waals surface area contributed by atoms with Gasteiger partial charge in [-0.05, 0) is 19.3 Å². The van der Waals surface area contributed by atoms with Gasteiger partial charge in [-0.25, -0.2) is 0 Å². The van der Waals surface area contributed by atoms with Crippen LogP contribution in [0.15, 0.2) is 0 Å². The Morgan fingerprint density at radius 3 is 1.36 bits per heavy atom. The van der Waals surface area contributed by atoms with E-state index in [1.165, 1.54) is 96.3 Å². The number of esters is 1. The van der Waals surface area contributed by atoms with Crippen molar-refractivity contribution in [2.75, 3.05) is 0 Å². The minimum absolute atomic E-state index is 0.128. The second-order valence-corrected chi connectivity index (χ2v) is 8.94. The first-order valence-corrected chi connectivity index (χ1v) is 13.0. The van der Waals surface area contributed by atoms with Gasteiger partial charge in [0.2, 0.25) is 0 Å². The standard InChI is InChI=1S/C25H49ClO2/c1-3-5-7-8-9-10-11-12-13-14-15-16-17-18-19-20-21-23-25(27)28-24(26)22-6-4-2/h24H,3-23H2,1-2H3. The Morgan fingerprint density at radius 2 is 0.964 bits per heavy atom. The van der Waals surface area contributed by atoms with Crippen LogP contribution < -0.4 is 0 Å². The maximum absolute atomic E-state index is 11.7. The molecule has 28 heavy (non-hydrogen) atoms. The molecular weight excluding hydrogens is 368 g/mol. The first kappa shape index (κ1) is 27.8. The van der Waals surface area contributed by atoms with Crippen molar-refractivity contribution >= 4 is 17.6 Å². The molecule has 0 fully saturated rings. The average molecular weight is 417 g/mol. The van der Waals surface area contributed by atoms with E-state index in [1.807, 2.05) is 0 Å². The Morgan fingerprint density at radius 1 is 0.607 bits per heavy atom. The molecule has 0 aliphatic heterocycles. The summed E-state index contributed by atoms with van der Waals surface area (Å²) in [4.78, 5) is 11.7. The summed E-state index contributed by atoms with van der Waals surface area (Å²) in [5.74, 6) is -0.128. The Labute approximate surface area is 181 Å². The summed E-state index contributed by atoms with van der Waals surface area (Å²) in [6.07, 6.45) is 26.4. The van der Waals surface area contributed by atoms with Crippen LogP contribution in [0, 0.1) is 0 Å². The van der Waals surface area contributed by atoms with Crippen molar-refractivity contribution in [3.8, 4) is 0 Å². The predicted molar refractivity (Wildman–Crippen MR) is 124 cm³/mol. The monoisotopic (exact) mass is 416 g/mol. The van der Waals surface area contributed by atoms with Crippen LogP contribution in [0.5, 0.6) is 0 Å². The van der Waals surface area contributed by atoms with Gasteiger partial charge in [-0.1, -0.05) is 135 Å². The first-order chi connectivity index (χ1) is 13.7. The van der Waals surface area contributed by atoms with Crippen molar-refractivity contribution in [1.29, 1.82) is 0 Å². The topological polar surface area (TPSA) is 26.3 Å². The normalized spacial score (nSPS) is 12.2. The second kappa shape index (κ2) is 23.0. The van der Waals surface area contributed by atoms with Gasteiger partial charge in [0.15, 0.2) is 5.56 Å². The quantitative estimate of drug-likeness (QED) is 0.0997. The molecular formula is C25H49ClO2. The highest BCUT2D eigenvalue weighted by molar-refractivity contribution is 6.20. The zero-order valence-corrected chi connectivity index (χ0v) is 19.9. The van der Waals surface area contributed by atoms with E-state index in [4.69, 9.17) is 16.3 Å². The lowest BCUT2D eigenvalue weighted by molar-refractivity contribution is -0.145. The molecule has 3 heteroatoms. The largest absolute Gasteiger partial charge is 0.446 e. The van der Waals surface area contributed by atoms with Gasteiger partial charge in [0.1, 0.15) is 0 Å². The molecule has 0 aromatic carbocycles. The molecule has 0 aromatic heterocycles. The number of carbonyl (C=O) groups is 1. The number of halogens is 1. The second-order valence-electron chi connectivity index (χ2n) is 8.45. The lowest BCUT2D eigenvalue weighted by Gasteiger charge is -2.10. The molecule has 0 bridgehead atoms. The third kappa shape index (κ3) is 22.1. The zero-order chi connectivity index (χ0) is 20.7. The summed E-state index contributed by atoms with van der Waals surface area (Å²) in [5, 5.41) is 0. The maximum Gasteiger partial charge on any atom is 0.307 e. The Kier molecular flexibility index (Phi) is 22.8. The molecule has 0 saturated carbocycles. The molecule has 1 atom stereocenters. The lowest BCUT2D eigenvalue weighted by Crippen LogP contribution is -2.12. The minimum atomic E-state index is -0.432. The highest BCUT2D eigenvalue weighted by atomic mass is 35.5. The number of hydrogen-bond donors (Lipinski definition) is 0. The van der Waals surface area contributed by atoms with E-state index in [1.54, 1.807) is 0 Å². The smallest absolute Gasteiger partial charge is 0.307 e. The molecule has 168 valence electrons. The van der Waals surface area contributed by atoms with Crippen LogP contribution in [0.25, 0.3) is 0 Å². The third-order valence-electron chi connectivity index (χ3n) is 5.53. The van der Waals surface area contributed by atoms with Gasteiger partial charge >= 0.3 is 5.97 Å². The number of rotatable bonds is 22. The summed E-state index contributed by atoms with van der Waals surface area (Å²) >= 11 is 5.99. The van der Waals surface area contributed by atoms with E-state index in [0.29, 0.717) is 6.42 Å². The summed E-state index contributed by atoms with van der Waals surface area (Å²) in [7, 11) is 0. The highest BCUT2D eigenvalue weighted by Gasteiger charge is 2.10. The molecule has 2 nitrogen and oxygen atoms in total. The van der Waals surface area contributed by atoms with Crippen LogP contribution in [-0.2, 0) is 9.53 Å². The van der Waals surface area contributed by atoms with Gasteiger partial charge in [0, 0.05) is 6.42 Å². The van der Waals surface area contributed by atoms with Crippen LogP contribution in [0.1, 0.15) is 149 Å². The zero-order valence-electron chi connectivity index (χ0n) is 19.1. The number of unbranched alkanes of at least 4 members (excludes halogenated alkanes) is 17. The molecule has 0 rings (SSSR count).